The third-order valence-corrected chi connectivity index (χ3v) is 4.62. The summed E-state index contributed by atoms with van der Waals surface area (Å²) in [7, 11) is 0. The van der Waals surface area contributed by atoms with Gasteiger partial charge in [-0.2, -0.15) is 0 Å². The number of halogens is 1. The number of nitrogens with zero attached hydrogens (tertiary/aromatic N) is 1. The number of guanidine groups is 1. The van der Waals surface area contributed by atoms with E-state index in [0.717, 1.165) is 70.4 Å². The SMILES string of the molecule is CCOC(CCNC(=NCC1CCOC1)NCCc1ccco1)C(C)C.I. The number of hydrogen-bond acceptors (Lipinski definition) is 4. The minimum absolute atomic E-state index is 0. The lowest BCUT2D eigenvalue weighted by atomic mass is 10.0. The predicted octanol–water partition coefficient (Wildman–Crippen LogP) is 3.46. The van der Waals surface area contributed by atoms with Crippen LogP contribution in [0.3, 0.4) is 0 Å². The summed E-state index contributed by atoms with van der Waals surface area (Å²) in [6, 6.07) is 3.92. The molecule has 2 heterocycles. The van der Waals surface area contributed by atoms with Gasteiger partial charge in [-0.1, -0.05) is 13.8 Å². The molecule has 7 heteroatoms. The molecule has 2 atom stereocenters. The predicted molar refractivity (Wildman–Crippen MR) is 120 cm³/mol. The molecule has 1 aromatic rings. The molecule has 6 nitrogen and oxygen atoms in total. The number of aliphatic imine (C=N–C) groups is 1. The largest absolute Gasteiger partial charge is 0.469 e. The van der Waals surface area contributed by atoms with Gasteiger partial charge in [0.25, 0.3) is 0 Å². The maximum atomic E-state index is 5.83. The van der Waals surface area contributed by atoms with Gasteiger partial charge >= 0.3 is 0 Å². The molecule has 0 spiro atoms. The van der Waals surface area contributed by atoms with Gasteiger partial charge in [-0.15, -0.1) is 24.0 Å². The van der Waals surface area contributed by atoms with Crippen molar-refractivity contribution in [1.29, 1.82) is 0 Å². The second kappa shape index (κ2) is 14.2. The first-order valence-corrected chi connectivity index (χ1v) is 9.93. The van der Waals surface area contributed by atoms with Crippen molar-refractivity contribution in [3.8, 4) is 0 Å². The van der Waals surface area contributed by atoms with Crippen LogP contribution in [0.1, 0.15) is 39.4 Å². The Hall–Kier alpha value is -0.800. The summed E-state index contributed by atoms with van der Waals surface area (Å²) in [4.78, 5) is 4.76. The molecule has 0 radical (unpaired) electrons. The van der Waals surface area contributed by atoms with Crippen LogP contribution in [-0.2, 0) is 15.9 Å². The number of furan rings is 1. The Balaban J connectivity index is 0.00000364. The van der Waals surface area contributed by atoms with Crippen molar-refractivity contribution in [1.82, 2.24) is 10.6 Å². The topological polar surface area (TPSA) is 68.0 Å². The second-order valence-corrected chi connectivity index (χ2v) is 7.13. The van der Waals surface area contributed by atoms with Crippen LogP contribution in [0.15, 0.2) is 27.8 Å². The zero-order valence-electron chi connectivity index (χ0n) is 16.9. The highest BCUT2D eigenvalue weighted by atomic mass is 127. The van der Waals surface area contributed by atoms with E-state index in [0.29, 0.717) is 11.8 Å². The minimum atomic E-state index is 0. The van der Waals surface area contributed by atoms with Crippen LogP contribution in [0.25, 0.3) is 0 Å². The minimum Gasteiger partial charge on any atom is -0.469 e. The molecule has 27 heavy (non-hydrogen) atoms. The van der Waals surface area contributed by atoms with Crippen LogP contribution in [0.2, 0.25) is 0 Å². The van der Waals surface area contributed by atoms with Crippen LogP contribution in [0.5, 0.6) is 0 Å². The quantitative estimate of drug-likeness (QED) is 0.281. The van der Waals surface area contributed by atoms with E-state index in [2.05, 4.69) is 31.4 Å². The normalized spacial score (nSPS) is 18.4. The first kappa shape index (κ1) is 24.2. The Labute approximate surface area is 180 Å². The third kappa shape index (κ3) is 9.80. The van der Waals surface area contributed by atoms with Crippen molar-refractivity contribution in [2.24, 2.45) is 16.8 Å². The van der Waals surface area contributed by atoms with Crippen molar-refractivity contribution in [2.45, 2.75) is 46.1 Å². The van der Waals surface area contributed by atoms with Gasteiger partial charge in [0, 0.05) is 45.2 Å². The maximum Gasteiger partial charge on any atom is 0.191 e. The summed E-state index contributed by atoms with van der Waals surface area (Å²) in [5.41, 5.74) is 0. The number of nitrogens with one attached hydrogen (secondary N) is 2. The molecule has 2 N–H and O–H groups in total. The van der Waals surface area contributed by atoms with Crippen molar-refractivity contribution >= 4 is 29.9 Å². The zero-order valence-corrected chi connectivity index (χ0v) is 19.2. The van der Waals surface area contributed by atoms with Gasteiger partial charge in [0.05, 0.1) is 19.0 Å². The lowest BCUT2D eigenvalue weighted by Gasteiger charge is -2.21. The van der Waals surface area contributed by atoms with E-state index in [1.54, 1.807) is 6.26 Å². The van der Waals surface area contributed by atoms with E-state index in [9.17, 15) is 0 Å². The molecule has 2 unspecified atom stereocenters. The summed E-state index contributed by atoms with van der Waals surface area (Å²) < 4.78 is 16.7. The Morgan fingerprint density at radius 2 is 2.15 bits per heavy atom. The smallest absolute Gasteiger partial charge is 0.191 e. The first-order chi connectivity index (χ1) is 12.7. The number of hydrogen-bond donors (Lipinski definition) is 2. The van der Waals surface area contributed by atoms with Crippen molar-refractivity contribution in [3.63, 3.8) is 0 Å². The molecule has 0 aliphatic carbocycles. The van der Waals surface area contributed by atoms with Gasteiger partial charge in [-0.3, -0.25) is 4.99 Å². The standard InChI is InChI=1S/C20H35N3O3.HI/c1-4-25-19(16(2)3)8-11-22-20(23-14-17-9-13-24-15-17)21-10-7-18-6-5-12-26-18;/h5-6,12,16-17,19H,4,7-11,13-15H2,1-3H3,(H2,21,22,23);1H. The zero-order chi connectivity index (χ0) is 18.6. The molecular weight excluding hydrogens is 457 g/mol. The van der Waals surface area contributed by atoms with E-state index in [4.69, 9.17) is 18.9 Å². The fraction of sp³-hybridized carbons (Fsp3) is 0.750. The van der Waals surface area contributed by atoms with Gasteiger partial charge in [0.15, 0.2) is 5.96 Å². The monoisotopic (exact) mass is 493 g/mol. The van der Waals surface area contributed by atoms with E-state index < -0.39 is 0 Å². The summed E-state index contributed by atoms with van der Waals surface area (Å²) in [6.07, 6.45) is 4.90. The molecular formula is C20H36IN3O3. The molecule has 1 aliphatic rings. The molecule has 156 valence electrons. The Kier molecular flexibility index (Phi) is 12.8. The first-order valence-electron chi connectivity index (χ1n) is 9.93. The average molecular weight is 493 g/mol. The van der Waals surface area contributed by atoms with Gasteiger partial charge < -0.3 is 24.5 Å². The molecule has 2 rings (SSSR count). The lowest BCUT2D eigenvalue weighted by molar-refractivity contribution is 0.0258. The number of ether oxygens (including phenoxy) is 2. The second-order valence-electron chi connectivity index (χ2n) is 7.13. The van der Waals surface area contributed by atoms with Gasteiger partial charge in [-0.25, -0.2) is 0 Å². The van der Waals surface area contributed by atoms with Crippen LogP contribution in [-0.4, -0.2) is 51.5 Å². The summed E-state index contributed by atoms with van der Waals surface area (Å²) in [5, 5.41) is 6.87. The highest BCUT2D eigenvalue weighted by Crippen LogP contribution is 2.12. The summed E-state index contributed by atoms with van der Waals surface area (Å²) >= 11 is 0. The van der Waals surface area contributed by atoms with Crippen LogP contribution in [0.4, 0.5) is 0 Å². The Bertz CT molecular complexity index is 503. The van der Waals surface area contributed by atoms with E-state index in [1.165, 1.54) is 0 Å². The van der Waals surface area contributed by atoms with Crippen LogP contribution in [0, 0.1) is 11.8 Å². The fourth-order valence-electron chi connectivity index (χ4n) is 3.04. The van der Waals surface area contributed by atoms with Gasteiger partial charge in [0.2, 0.25) is 0 Å². The van der Waals surface area contributed by atoms with Gasteiger partial charge in [-0.05, 0) is 37.8 Å². The molecule has 1 fully saturated rings. The van der Waals surface area contributed by atoms with Gasteiger partial charge in [0.1, 0.15) is 5.76 Å². The Morgan fingerprint density at radius 1 is 1.33 bits per heavy atom. The molecule has 0 saturated carbocycles. The lowest BCUT2D eigenvalue weighted by Crippen LogP contribution is -2.40. The van der Waals surface area contributed by atoms with E-state index in [1.807, 2.05) is 12.1 Å². The molecule has 0 bridgehead atoms. The van der Waals surface area contributed by atoms with Crippen LogP contribution < -0.4 is 10.6 Å². The fourth-order valence-corrected chi connectivity index (χ4v) is 3.04. The molecule has 1 aliphatic heterocycles. The van der Waals surface area contributed by atoms with E-state index in [-0.39, 0.29) is 30.1 Å². The molecule has 0 amide bonds. The highest BCUT2D eigenvalue weighted by Gasteiger charge is 2.16. The van der Waals surface area contributed by atoms with Crippen molar-refractivity contribution in [3.05, 3.63) is 24.2 Å². The van der Waals surface area contributed by atoms with Crippen molar-refractivity contribution in [2.75, 3.05) is 39.5 Å². The summed E-state index contributed by atoms with van der Waals surface area (Å²) in [6.45, 7) is 11.3. The third-order valence-electron chi connectivity index (χ3n) is 4.62. The molecule has 1 aromatic heterocycles. The highest BCUT2D eigenvalue weighted by molar-refractivity contribution is 14.0. The van der Waals surface area contributed by atoms with Crippen LogP contribution >= 0.6 is 24.0 Å². The number of rotatable bonds is 11. The van der Waals surface area contributed by atoms with Crippen molar-refractivity contribution < 1.29 is 13.9 Å². The Morgan fingerprint density at radius 3 is 2.78 bits per heavy atom. The van der Waals surface area contributed by atoms with E-state index >= 15 is 0 Å². The molecule has 0 aromatic carbocycles. The average Bonchev–Trinajstić information content (AvgIpc) is 3.32. The maximum absolute atomic E-state index is 5.83. The molecule has 1 saturated heterocycles. The summed E-state index contributed by atoms with van der Waals surface area (Å²) in [5.74, 6) is 2.89.